The van der Waals surface area contributed by atoms with Gasteiger partial charge in [-0.25, -0.2) is 14.4 Å². The van der Waals surface area contributed by atoms with Crippen LogP contribution >= 0.6 is 11.6 Å². The number of aromatic amines is 1. The maximum Gasteiger partial charge on any atom is 0.257 e. The van der Waals surface area contributed by atoms with Gasteiger partial charge >= 0.3 is 0 Å². The van der Waals surface area contributed by atoms with Gasteiger partial charge in [-0.1, -0.05) is 11.6 Å². The lowest BCUT2D eigenvalue weighted by atomic mass is 10.1. The van der Waals surface area contributed by atoms with Crippen LogP contribution in [0.15, 0.2) is 30.6 Å². The Morgan fingerprint density at radius 1 is 1.22 bits per heavy atom. The maximum absolute atomic E-state index is 13.4. The third kappa shape index (κ3) is 3.17. The molecule has 0 aliphatic carbocycles. The molecule has 4 rings (SSSR count). The number of nitrogens with zero attached hydrogens (tertiary/aromatic N) is 2. The molecule has 0 saturated carbocycles. The number of amides is 1. The molecule has 6 nitrogen and oxygen atoms in total. The minimum absolute atomic E-state index is 0.00634. The lowest BCUT2D eigenvalue weighted by Crippen LogP contribution is -2.04. The Kier molecular flexibility index (Phi) is 4.16. The predicted molar refractivity (Wildman–Crippen MR) is 103 cm³/mol. The third-order valence-corrected chi connectivity index (χ3v) is 4.54. The Balaban J connectivity index is 1.79. The van der Waals surface area contributed by atoms with E-state index in [1.807, 2.05) is 19.9 Å². The molecule has 3 aromatic rings. The van der Waals surface area contributed by atoms with E-state index in [-0.39, 0.29) is 10.9 Å². The molecule has 1 amide bonds. The van der Waals surface area contributed by atoms with Crippen molar-refractivity contribution >= 4 is 46.5 Å². The lowest BCUT2D eigenvalue weighted by Gasteiger charge is -2.10. The second kappa shape index (κ2) is 6.51. The van der Waals surface area contributed by atoms with E-state index in [1.165, 1.54) is 18.5 Å². The van der Waals surface area contributed by atoms with Gasteiger partial charge in [-0.3, -0.25) is 4.79 Å². The minimum Gasteiger partial charge on any atom is -0.359 e. The Labute approximate surface area is 159 Å². The summed E-state index contributed by atoms with van der Waals surface area (Å²) in [6.07, 6.45) is 3.12. The molecule has 3 N–H and O–H groups in total. The van der Waals surface area contributed by atoms with E-state index in [0.717, 1.165) is 17.0 Å². The molecule has 0 spiro atoms. The standard InChI is InChI=1S/C19H15ClFN5O/c1-9-5-10(2)24-15(9)7-12-16-17(22-8-23-18(16)26-19(12)27)25-11-3-4-14(21)13(20)6-11/h3-8,24H,1-2H3,(H2,22,23,25,26,27). The number of halogens is 2. The molecule has 0 unspecified atom stereocenters. The first-order valence-corrected chi connectivity index (χ1v) is 8.57. The fraction of sp³-hybridized carbons (Fsp3) is 0.105. The van der Waals surface area contributed by atoms with Crippen molar-refractivity contribution in [1.82, 2.24) is 15.0 Å². The van der Waals surface area contributed by atoms with E-state index >= 15 is 0 Å². The van der Waals surface area contributed by atoms with Crippen LogP contribution < -0.4 is 10.6 Å². The molecule has 27 heavy (non-hydrogen) atoms. The SMILES string of the molecule is Cc1cc(C)c(C=C2C(=O)Nc3ncnc(Nc4ccc(F)c(Cl)c4)c32)[nH]1. The number of rotatable bonds is 3. The third-order valence-electron chi connectivity index (χ3n) is 4.25. The largest absolute Gasteiger partial charge is 0.359 e. The van der Waals surface area contributed by atoms with Crippen LogP contribution in [-0.2, 0) is 4.79 Å². The normalized spacial score (nSPS) is 14.4. The summed E-state index contributed by atoms with van der Waals surface area (Å²) in [5.41, 5.74) is 4.40. The van der Waals surface area contributed by atoms with Gasteiger partial charge in [0.2, 0.25) is 0 Å². The Hall–Kier alpha value is -3.19. The van der Waals surface area contributed by atoms with Gasteiger partial charge in [-0.2, -0.15) is 0 Å². The van der Waals surface area contributed by atoms with Crippen LogP contribution in [0.3, 0.4) is 0 Å². The Morgan fingerprint density at radius 2 is 2.04 bits per heavy atom. The van der Waals surface area contributed by atoms with Crippen molar-refractivity contribution in [3.8, 4) is 0 Å². The number of anilines is 3. The minimum atomic E-state index is -0.509. The average molecular weight is 384 g/mol. The summed E-state index contributed by atoms with van der Waals surface area (Å²) in [6.45, 7) is 3.91. The molecular weight excluding hydrogens is 369 g/mol. The number of carbonyl (C=O) groups is 1. The van der Waals surface area contributed by atoms with Gasteiger partial charge in [0.05, 0.1) is 16.2 Å². The summed E-state index contributed by atoms with van der Waals surface area (Å²) in [7, 11) is 0. The fourth-order valence-corrected chi connectivity index (χ4v) is 3.19. The van der Waals surface area contributed by atoms with E-state index in [0.29, 0.717) is 28.5 Å². The summed E-state index contributed by atoms with van der Waals surface area (Å²) in [6, 6.07) is 6.26. The monoisotopic (exact) mass is 383 g/mol. The number of fused-ring (bicyclic) bond motifs is 1. The highest BCUT2D eigenvalue weighted by Gasteiger charge is 2.29. The quantitative estimate of drug-likeness (QED) is 0.583. The first kappa shape index (κ1) is 17.2. The summed E-state index contributed by atoms with van der Waals surface area (Å²) in [4.78, 5) is 24.1. The van der Waals surface area contributed by atoms with Crippen molar-refractivity contribution in [3.05, 3.63) is 63.9 Å². The fourth-order valence-electron chi connectivity index (χ4n) is 3.01. The maximum atomic E-state index is 13.4. The molecule has 1 aliphatic rings. The molecular formula is C19H15ClFN5O. The van der Waals surface area contributed by atoms with Gasteiger partial charge in [0.25, 0.3) is 5.91 Å². The summed E-state index contributed by atoms with van der Waals surface area (Å²) in [5.74, 6) is 0.0635. The number of aromatic nitrogens is 3. The topological polar surface area (TPSA) is 82.7 Å². The van der Waals surface area contributed by atoms with Crippen molar-refractivity contribution in [3.63, 3.8) is 0 Å². The van der Waals surface area contributed by atoms with Gasteiger partial charge in [-0.15, -0.1) is 0 Å². The van der Waals surface area contributed by atoms with Crippen molar-refractivity contribution in [2.45, 2.75) is 13.8 Å². The second-order valence-corrected chi connectivity index (χ2v) is 6.67. The number of benzene rings is 1. The Bertz CT molecular complexity index is 1110. The molecule has 136 valence electrons. The van der Waals surface area contributed by atoms with E-state index in [1.54, 1.807) is 12.1 Å². The zero-order chi connectivity index (χ0) is 19.1. The van der Waals surface area contributed by atoms with Crippen LogP contribution in [-0.4, -0.2) is 20.9 Å². The van der Waals surface area contributed by atoms with Gasteiger partial charge in [-0.05, 0) is 49.8 Å². The molecule has 2 aromatic heterocycles. The molecule has 0 atom stereocenters. The van der Waals surface area contributed by atoms with Crippen molar-refractivity contribution in [1.29, 1.82) is 0 Å². The Morgan fingerprint density at radius 3 is 2.74 bits per heavy atom. The second-order valence-electron chi connectivity index (χ2n) is 6.26. The van der Waals surface area contributed by atoms with Crippen molar-refractivity contribution in [2.75, 3.05) is 10.6 Å². The first-order valence-electron chi connectivity index (χ1n) is 8.19. The van der Waals surface area contributed by atoms with E-state index < -0.39 is 5.82 Å². The highest BCUT2D eigenvalue weighted by molar-refractivity contribution is 6.35. The van der Waals surface area contributed by atoms with Gasteiger partial charge in [0.15, 0.2) is 0 Å². The number of H-pyrrole nitrogens is 1. The average Bonchev–Trinajstić information content (AvgIpc) is 3.11. The van der Waals surface area contributed by atoms with Crippen LogP contribution in [0.25, 0.3) is 11.6 Å². The van der Waals surface area contributed by atoms with E-state index in [4.69, 9.17) is 11.6 Å². The van der Waals surface area contributed by atoms with Crippen LogP contribution in [0.2, 0.25) is 5.02 Å². The molecule has 0 saturated heterocycles. The predicted octanol–water partition coefficient (Wildman–Crippen LogP) is 4.45. The number of carbonyl (C=O) groups excluding carboxylic acids is 1. The van der Waals surface area contributed by atoms with E-state index in [2.05, 4.69) is 25.6 Å². The first-order chi connectivity index (χ1) is 12.9. The summed E-state index contributed by atoms with van der Waals surface area (Å²) < 4.78 is 13.4. The summed E-state index contributed by atoms with van der Waals surface area (Å²) in [5, 5.41) is 5.82. The molecule has 1 aromatic carbocycles. The number of aryl methyl sites for hydroxylation is 2. The van der Waals surface area contributed by atoms with Crippen LogP contribution in [0.1, 0.15) is 22.5 Å². The van der Waals surface area contributed by atoms with Gasteiger partial charge in [0, 0.05) is 17.1 Å². The van der Waals surface area contributed by atoms with Crippen LogP contribution in [0.5, 0.6) is 0 Å². The smallest absolute Gasteiger partial charge is 0.257 e. The molecule has 1 aliphatic heterocycles. The zero-order valence-electron chi connectivity index (χ0n) is 14.5. The molecule has 3 heterocycles. The zero-order valence-corrected chi connectivity index (χ0v) is 15.3. The number of hydrogen-bond donors (Lipinski definition) is 3. The molecule has 0 fully saturated rings. The number of nitrogens with one attached hydrogen (secondary N) is 3. The van der Waals surface area contributed by atoms with E-state index in [9.17, 15) is 9.18 Å². The van der Waals surface area contributed by atoms with Gasteiger partial charge < -0.3 is 15.6 Å². The molecule has 0 radical (unpaired) electrons. The van der Waals surface area contributed by atoms with Crippen molar-refractivity contribution in [2.24, 2.45) is 0 Å². The highest BCUT2D eigenvalue weighted by atomic mass is 35.5. The molecule has 8 heteroatoms. The number of hydrogen-bond acceptors (Lipinski definition) is 4. The summed E-state index contributed by atoms with van der Waals surface area (Å²) >= 11 is 5.85. The van der Waals surface area contributed by atoms with Gasteiger partial charge in [0.1, 0.15) is 23.8 Å². The molecule has 0 bridgehead atoms. The van der Waals surface area contributed by atoms with Crippen molar-refractivity contribution < 1.29 is 9.18 Å². The lowest BCUT2D eigenvalue weighted by molar-refractivity contribution is -0.110. The highest BCUT2D eigenvalue weighted by Crippen LogP contribution is 2.37. The van der Waals surface area contributed by atoms with Crippen LogP contribution in [0, 0.1) is 19.7 Å². The van der Waals surface area contributed by atoms with Crippen LogP contribution in [0.4, 0.5) is 21.7 Å².